The van der Waals surface area contributed by atoms with Gasteiger partial charge in [0, 0.05) is 12.6 Å². The maximum Gasteiger partial charge on any atom is 0.0171 e. The highest BCUT2D eigenvalue weighted by Gasteiger charge is 2.22. The maximum absolute atomic E-state index is 5.87. The molecule has 0 aliphatic carbocycles. The zero-order valence-corrected chi connectivity index (χ0v) is 9.03. The van der Waals surface area contributed by atoms with Crippen molar-refractivity contribution in [2.75, 3.05) is 6.54 Å². The SMILES string of the molecule is CC(C)(CC(N)CN)c1ccccc1. The molecule has 1 aromatic carbocycles. The number of hydrogen-bond donors (Lipinski definition) is 2. The van der Waals surface area contributed by atoms with Crippen molar-refractivity contribution >= 4 is 0 Å². The lowest BCUT2D eigenvalue weighted by atomic mass is 9.79. The van der Waals surface area contributed by atoms with Crippen LogP contribution in [0.1, 0.15) is 25.8 Å². The molecule has 0 aromatic heterocycles. The van der Waals surface area contributed by atoms with Crippen LogP contribution in [-0.2, 0) is 5.41 Å². The second-order valence-electron chi connectivity index (χ2n) is 4.45. The van der Waals surface area contributed by atoms with Crippen LogP contribution < -0.4 is 11.5 Å². The van der Waals surface area contributed by atoms with E-state index in [9.17, 15) is 0 Å². The van der Waals surface area contributed by atoms with Gasteiger partial charge in [-0.05, 0) is 17.4 Å². The first-order chi connectivity index (χ1) is 6.56. The highest BCUT2D eigenvalue weighted by Crippen LogP contribution is 2.27. The van der Waals surface area contributed by atoms with Crippen LogP contribution in [0.2, 0.25) is 0 Å². The Kier molecular flexibility index (Phi) is 3.67. The van der Waals surface area contributed by atoms with Gasteiger partial charge < -0.3 is 11.5 Å². The van der Waals surface area contributed by atoms with Crippen LogP contribution in [0.25, 0.3) is 0 Å². The van der Waals surface area contributed by atoms with E-state index in [0.717, 1.165) is 6.42 Å². The maximum atomic E-state index is 5.87. The molecule has 1 rings (SSSR count). The smallest absolute Gasteiger partial charge is 0.0171 e. The standard InChI is InChI=1S/C12H20N2/c1-12(2,8-11(14)9-13)10-6-4-3-5-7-10/h3-7,11H,8-9,13-14H2,1-2H3. The van der Waals surface area contributed by atoms with Gasteiger partial charge in [-0.3, -0.25) is 0 Å². The minimum absolute atomic E-state index is 0.0882. The van der Waals surface area contributed by atoms with Crippen molar-refractivity contribution in [2.24, 2.45) is 11.5 Å². The van der Waals surface area contributed by atoms with Gasteiger partial charge in [-0.2, -0.15) is 0 Å². The van der Waals surface area contributed by atoms with Crippen LogP contribution in [-0.4, -0.2) is 12.6 Å². The van der Waals surface area contributed by atoms with Crippen molar-refractivity contribution in [3.8, 4) is 0 Å². The summed E-state index contributed by atoms with van der Waals surface area (Å²) < 4.78 is 0. The van der Waals surface area contributed by atoms with E-state index in [4.69, 9.17) is 11.5 Å². The van der Waals surface area contributed by atoms with E-state index >= 15 is 0 Å². The summed E-state index contributed by atoms with van der Waals surface area (Å²) in [6, 6.07) is 10.5. The first kappa shape index (κ1) is 11.2. The lowest BCUT2D eigenvalue weighted by molar-refractivity contribution is 0.426. The molecular formula is C12H20N2. The Morgan fingerprint density at radius 3 is 2.29 bits per heavy atom. The summed E-state index contributed by atoms with van der Waals surface area (Å²) in [4.78, 5) is 0. The predicted molar refractivity (Wildman–Crippen MR) is 61.1 cm³/mol. The van der Waals surface area contributed by atoms with Crippen LogP contribution in [0, 0.1) is 0 Å². The first-order valence-corrected chi connectivity index (χ1v) is 5.07. The van der Waals surface area contributed by atoms with Crippen LogP contribution in [0.3, 0.4) is 0 Å². The van der Waals surface area contributed by atoms with Gasteiger partial charge >= 0.3 is 0 Å². The molecule has 1 aromatic rings. The summed E-state index contributed by atoms with van der Waals surface area (Å²) in [5.74, 6) is 0. The van der Waals surface area contributed by atoms with Crippen LogP contribution in [0.4, 0.5) is 0 Å². The average molecular weight is 192 g/mol. The van der Waals surface area contributed by atoms with E-state index in [1.165, 1.54) is 5.56 Å². The average Bonchev–Trinajstić information content (AvgIpc) is 2.18. The fourth-order valence-electron chi connectivity index (χ4n) is 1.75. The van der Waals surface area contributed by atoms with Gasteiger partial charge in [0.05, 0.1) is 0 Å². The van der Waals surface area contributed by atoms with E-state index in [-0.39, 0.29) is 11.5 Å². The molecule has 0 radical (unpaired) electrons. The predicted octanol–water partition coefficient (Wildman–Crippen LogP) is 1.64. The van der Waals surface area contributed by atoms with Gasteiger partial charge in [0.2, 0.25) is 0 Å². The summed E-state index contributed by atoms with van der Waals surface area (Å²) in [5.41, 5.74) is 12.8. The van der Waals surface area contributed by atoms with Gasteiger partial charge in [0.1, 0.15) is 0 Å². The third kappa shape index (κ3) is 2.82. The molecular weight excluding hydrogens is 172 g/mol. The lowest BCUT2D eigenvalue weighted by Gasteiger charge is -2.28. The van der Waals surface area contributed by atoms with E-state index in [1.807, 2.05) is 6.07 Å². The van der Waals surface area contributed by atoms with E-state index in [2.05, 4.69) is 38.1 Å². The van der Waals surface area contributed by atoms with E-state index < -0.39 is 0 Å². The zero-order chi connectivity index (χ0) is 10.6. The molecule has 2 heteroatoms. The third-order valence-corrected chi connectivity index (χ3v) is 2.63. The Hall–Kier alpha value is -0.860. The molecule has 0 aliphatic rings. The molecule has 14 heavy (non-hydrogen) atoms. The number of rotatable bonds is 4. The Morgan fingerprint density at radius 2 is 1.79 bits per heavy atom. The molecule has 4 N–H and O–H groups in total. The van der Waals surface area contributed by atoms with Crippen molar-refractivity contribution in [1.29, 1.82) is 0 Å². The second kappa shape index (κ2) is 4.58. The largest absolute Gasteiger partial charge is 0.329 e. The third-order valence-electron chi connectivity index (χ3n) is 2.63. The molecule has 0 saturated heterocycles. The van der Waals surface area contributed by atoms with Crippen LogP contribution >= 0.6 is 0 Å². The Balaban J connectivity index is 2.75. The summed E-state index contributed by atoms with van der Waals surface area (Å²) >= 11 is 0. The Labute approximate surface area is 86.3 Å². The fraction of sp³-hybridized carbons (Fsp3) is 0.500. The molecule has 0 saturated carbocycles. The highest BCUT2D eigenvalue weighted by molar-refractivity contribution is 5.23. The summed E-state index contributed by atoms with van der Waals surface area (Å²) in [6.07, 6.45) is 0.924. The van der Waals surface area contributed by atoms with E-state index in [0.29, 0.717) is 6.54 Å². The Bertz CT molecular complexity index is 267. The number of hydrogen-bond acceptors (Lipinski definition) is 2. The Morgan fingerprint density at radius 1 is 1.21 bits per heavy atom. The van der Waals surface area contributed by atoms with Crippen LogP contribution in [0.15, 0.2) is 30.3 Å². The summed E-state index contributed by atoms with van der Waals surface area (Å²) in [5, 5.41) is 0. The van der Waals surface area contributed by atoms with Gasteiger partial charge in [-0.15, -0.1) is 0 Å². The van der Waals surface area contributed by atoms with E-state index in [1.54, 1.807) is 0 Å². The molecule has 2 nitrogen and oxygen atoms in total. The molecule has 0 amide bonds. The summed E-state index contributed by atoms with van der Waals surface area (Å²) in [7, 11) is 0. The monoisotopic (exact) mass is 192 g/mol. The first-order valence-electron chi connectivity index (χ1n) is 5.07. The molecule has 78 valence electrons. The number of benzene rings is 1. The molecule has 1 atom stereocenters. The molecule has 0 heterocycles. The highest BCUT2D eigenvalue weighted by atomic mass is 14.7. The van der Waals surface area contributed by atoms with Gasteiger partial charge in [-0.1, -0.05) is 44.2 Å². The summed E-state index contributed by atoms with van der Waals surface area (Å²) in [6.45, 7) is 4.96. The van der Waals surface area contributed by atoms with Crippen molar-refractivity contribution in [3.05, 3.63) is 35.9 Å². The van der Waals surface area contributed by atoms with Gasteiger partial charge in [0.15, 0.2) is 0 Å². The quantitative estimate of drug-likeness (QED) is 0.762. The molecule has 0 aliphatic heterocycles. The minimum Gasteiger partial charge on any atom is -0.329 e. The van der Waals surface area contributed by atoms with Crippen molar-refractivity contribution in [1.82, 2.24) is 0 Å². The minimum atomic E-state index is 0.0882. The van der Waals surface area contributed by atoms with Gasteiger partial charge in [-0.25, -0.2) is 0 Å². The van der Waals surface area contributed by atoms with Gasteiger partial charge in [0.25, 0.3) is 0 Å². The second-order valence-corrected chi connectivity index (χ2v) is 4.45. The number of nitrogens with two attached hydrogens (primary N) is 2. The van der Waals surface area contributed by atoms with Crippen LogP contribution in [0.5, 0.6) is 0 Å². The molecule has 0 fully saturated rings. The van der Waals surface area contributed by atoms with Crippen molar-refractivity contribution in [2.45, 2.75) is 31.7 Å². The molecule has 0 bridgehead atoms. The fourth-order valence-corrected chi connectivity index (χ4v) is 1.75. The normalized spacial score (nSPS) is 14.0. The van der Waals surface area contributed by atoms with Crippen molar-refractivity contribution < 1.29 is 0 Å². The van der Waals surface area contributed by atoms with Crippen molar-refractivity contribution in [3.63, 3.8) is 0 Å². The lowest BCUT2D eigenvalue weighted by Crippen LogP contribution is -2.36. The molecule has 1 unspecified atom stereocenters. The zero-order valence-electron chi connectivity index (χ0n) is 9.03. The molecule has 0 spiro atoms. The topological polar surface area (TPSA) is 52.0 Å².